The van der Waals surface area contributed by atoms with Gasteiger partial charge < -0.3 is 14.8 Å². The van der Waals surface area contributed by atoms with Crippen molar-refractivity contribution in [1.82, 2.24) is 10.2 Å². The Morgan fingerprint density at radius 2 is 1.87 bits per heavy atom. The van der Waals surface area contributed by atoms with Gasteiger partial charge in [-0.25, -0.2) is 0 Å². The molecule has 0 aromatic heterocycles. The number of rotatable bonds is 8. The number of nitro benzene ring substituents is 1. The van der Waals surface area contributed by atoms with E-state index in [-0.39, 0.29) is 30.1 Å². The number of likely N-dealkylation sites (N-methyl/N-ethyl adjacent to an activating group) is 1. The van der Waals surface area contributed by atoms with E-state index in [4.69, 9.17) is 9.47 Å². The predicted octanol–water partition coefficient (Wildman–Crippen LogP) is 3.70. The molecular formula is C23H29N3O5. The van der Waals surface area contributed by atoms with Crippen LogP contribution in [0.1, 0.15) is 37.4 Å². The summed E-state index contributed by atoms with van der Waals surface area (Å²) in [4.78, 5) is 25.3. The lowest BCUT2D eigenvalue weighted by atomic mass is 9.95. The molecule has 1 atom stereocenters. The second kappa shape index (κ2) is 10.3. The zero-order chi connectivity index (χ0) is 22.4. The largest absolute Gasteiger partial charge is 0.490 e. The van der Waals surface area contributed by atoms with Crippen molar-refractivity contribution in [3.05, 3.63) is 63.7 Å². The summed E-state index contributed by atoms with van der Waals surface area (Å²) < 4.78 is 11.5. The molecule has 8 heteroatoms. The van der Waals surface area contributed by atoms with Crippen molar-refractivity contribution in [2.75, 3.05) is 26.8 Å². The lowest BCUT2D eigenvalue weighted by Crippen LogP contribution is -2.38. The number of carbonyl (C=O) groups is 1. The summed E-state index contributed by atoms with van der Waals surface area (Å²) in [5, 5.41) is 14.3. The molecular weight excluding hydrogens is 398 g/mol. The molecule has 1 N–H and O–H groups in total. The summed E-state index contributed by atoms with van der Waals surface area (Å²) in [6.45, 7) is 5.75. The first-order valence-electron chi connectivity index (χ1n) is 10.4. The number of fused-ring (bicyclic) bond motifs is 1. The quantitative estimate of drug-likeness (QED) is 0.510. The van der Waals surface area contributed by atoms with Gasteiger partial charge in [-0.3, -0.25) is 19.8 Å². The highest BCUT2D eigenvalue weighted by atomic mass is 16.6. The average Bonchev–Trinajstić information content (AvgIpc) is 2.96. The molecule has 1 unspecified atom stereocenters. The fourth-order valence-electron chi connectivity index (χ4n) is 3.64. The maximum atomic E-state index is 12.8. The van der Waals surface area contributed by atoms with E-state index in [9.17, 15) is 14.9 Å². The standard InChI is InChI=1S/C23H29N3O5/c1-16(2)23(17-9-10-20-21(13-17)31-12-6-11-30-20)24-22(27)15-25(3)14-18-7-4-5-8-19(18)26(28)29/h4-5,7-10,13,16,23H,6,11-12,14-15H2,1-3H3,(H,24,27). The molecule has 1 heterocycles. The molecule has 8 nitrogen and oxygen atoms in total. The van der Waals surface area contributed by atoms with Crippen molar-refractivity contribution < 1.29 is 19.2 Å². The highest BCUT2D eigenvalue weighted by molar-refractivity contribution is 5.78. The fraction of sp³-hybridized carbons (Fsp3) is 0.435. The number of nitrogens with one attached hydrogen (secondary N) is 1. The summed E-state index contributed by atoms with van der Waals surface area (Å²) in [6.07, 6.45) is 0.834. The number of benzene rings is 2. The predicted molar refractivity (Wildman–Crippen MR) is 117 cm³/mol. The summed E-state index contributed by atoms with van der Waals surface area (Å²) in [6, 6.07) is 12.2. The molecule has 31 heavy (non-hydrogen) atoms. The molecule has 0 fully saturated rings. The Labute approximate surface area is 182 Å². The third-order valence-electron chi connectivity index (χ3n) is 5.16. The van der Waals surface area contributed by atoms with Gasteiger partial charge in [0.2, 0.25) is 5.91 Å². The van der Waals surface area contributed by atoms with Crippen LogP contribution in [0, 0.1) is 16.0 Å². The molecule has 3 rings (SSSR count). The van der Waals surface area contributed by atoms with Crippen LogP contribution in [0.4, 0.5) is 5.69 Å². The maximum absolute atomic E-state index is 12.8. The SMILES string of the molecule is CC(C)C(NC(=O)CN(C)Cc1ccccc1[N+](=O)[O-])c1ccc2c(c1)OCCCO2. The Balaban J connectivity index is 1.66. The lowest BCUT2D eigenvalue weighted by molar-refractivity contribution is -0.385. The highest BCUT2D eigenvalue weighted by Gasteiger charge is 2.22. The van der Waals surface area contributed by atoms with E-state index >= 15 is 0 Å². The Hall–Kier alpha value is -3.13. The second-order valence-electron chi connectivity index (χ2n) is 8.10. The lowest BCUT2D eigenvalue weighted by Gasteiger charge is -2.25. The monoisotopic (exact) mass is 427 g/mol. The van der Waals surface area contributed by atoms with Crippen LogP contribution in [-0.2, 0) is 11.3 Å². The van der Waals surface area contributed by atoms with Gasteiger partial charge in [-0.15, -0.1) is 0 Å². The molecule has 1 aliphatic heterocycles. The normalized spacial score (nSPS) is 14.2. The van der Waals surface area contributed by atoms with Gasteiger partial charge >= 0.3 is 0 Å². The van der Waals surface area contributed by atoms with Gasteiger partial charge in [-0.1, -0.05) is 38.1 Å². The van der Waals surface area contributed by atoms with Crippen molar-refractivity contribution in [3.63, 3.8) is 0 Å². The van der Waals surface area contributed by atoms with Crippen LogP contribution in [0.5, 0.6) is 11.5 Å². The molecule has 0 aliphatic carbocycles. The van der Waals surface area contributed by atoms with Crippen LogP contribution in [0.25, 0.3) is 0 Å². The van der Waals surface area contributed by atoms with Gasteiger partial charge in [-0.05, 0) is 30.7 Å². The van der Waals surface area contributed by atoms with Crippen LogP contribution in [0.3, 0.4) is 0 Å². The first-order valence-corrected chi connectivity index (χ1v) is 10.4. The number of hydrogen-bond acceptors (Lipinski definition) is 6. The van der Waals surface area contributed by atoms with Crippen molar-refractivity contribution in [1.29, 1.82) is 0 Å². The number of nitrogens with zero attached hydrogens (tertiary/aromatic N) is 2. The van der Waals surface area contributed by atoms with E-state index in [1.165, 1.54) is 6.07 Å². The smallest absolute Gasteiger partial charge is 0.273 e. The second-order valence-corrected chi connectivity index (χ2v) is 8.10. The van der Waals surface area contributed by atoms with Crippen molar-refractivity contribution in [2.45, 2.75) is 32.9 Å². The van der Waals surface area contributed by atoms with E-state index < -0.39 is 4.92 Å². The topological polar surface area (TPSA) is 93.9 Å². The number of nitro groups is 1. The first kappa shape index (κ1) is 22.6. The van der Waals surface area contributed by atoms with E-state index in [0.717, 1.165) is 17.7 Å². The molecule has 0 saturated heterocycles. The average molecular weight is 428 g/mol. The molecule has 2 aromatic carbocycles. The summed E-state index contributed by atoms with van der Waals surface area (Å²) in [7, 11) is 1.77. The third kappa shape index (κ3) is 5.95. The minimum Gasteiger partial charge on any atom is -0.490 e. The van der Waals surface area contributed by atoms with Crippen LogP contribution < -0.4 is 14.8 Å². The molecule has 0 spiro atoms. The first-order chi connectivity index (χ1) is 14.8. The zero-order valence-corrected chi connectivity index (χ0v) is 18.2. The zero-order valence-electron chi connectivity index (χ0n) is 18.2. The molecule has 1 aliphatic rings. The van der Waals surface area contributed by atoms with E-state index in [1.54, 1.807) is 30.1 Å². The number of hydrogen-bond donors (Lipinski definition) is 1. The Kier molecular flexibility index (Phi) is 7.46. The van der Waals surface area contributed by atoms with Crippen molar-refractivity contribution in [3.8, 4) is 11.5 Å². The Morgan fingerprint density at radius 3 is 2.58 bits per heavy atom. The van der Waals surface area contributed by atoms with E-state index in [1.807, 2.05) is 32.0 Å². The molecule has 0 saturated carbocycles. The minimum atomic E-state index is -0.401. The third-order valence-corrected chi connectivity index (χ3v) is 5.16. The molecule has 1 amide bonds. The van der Waals surface area contributed by atoms with Gasteiger partial charge in [-0.2, -0.15) is 0 Å². The van der Waals surface area contributed by atoms with Gasteiger partial charge in [0.05, 0.1) is 30.7 Å². The molecule has 0 bridgehead atoms. The van der Waals surface area contributed by atoms with Gasteiger partial charge in [0.15, 0.2) is 11.5 Å². The van der Waals surface area contributed by atoms with Crippen LogP contribution >= 0.6 is 0 Å². The Morgan fingerprint density at radius 1 is 1.16 bits per heavy atom. The minimum absolute atomic E-state index is 0.0574. The van der Waals surface area contributed by atoms with Crippen LogP contribution in [0.2, 0.25) is 0 Å². The van der Waals surface area contributed by atoms with Crippen molar-refractivity contribution >= 4 is 11.6 Å². The van der Waals surface area contributed by atoms with Crippen molar-refractivity contribution in [2.24, 2.45) is 5.92 Å². The van der Waals surface area contributed by atoms with Crippen LogP contribution in [0.15, 0.2) is 42.5 Å². The maximum Gasteiger partial charge on any atom is 0.273 e. The summed E-state index contributed by atoms with van der Waals surface area (Å²) >= 11 is 0. The number of para-hydroxylation sites is 1. The van der Waals surface area contributed by atoms with Crippen LogP contribution in [-0.4, -0.2) is 42.5 Å². The number of ether oxygens (including phenoxy) is 2. The van der Waals surface area contributed by atoms with Gasteiger partial charge in [0.1, 0.15) is 0 Å². The molecule has 166 valence electrons. The highest BCUT2D eigenvalue weighted by Crippen LogP contribution is 2.34. The Bertz CT molecular complexity index is 931. The van der Waals surface area contributed by atoms with E-state index in [2.05, 4.69) is 5.32 Å². The molecule has 2 aromatic rings. The summed E-state index contributed by atoms with van der Waals surface area (Å²) in [5.74, 6) is 1.43. The van der Waals surface area contributed by atoms with Gasteiger partial charge in [0.25, 0.3) is 5.69 Å². The fourth-order valence-corrected chi connectivity index (χ4v) is 3.64. The molecule has 0 radical (unpaired) electrons. The van der Waals surface area contributed by atoms with Gasteiger partial charge in [0, 0.05) is 24.6 Å². The number of amides is 1. The number of carbonyl (C=O) groups excluding carboxylic acids is 1. The van der Waals surface area contributed by atoms with E-state index in [0.29, 0.717) is 31.1 Å². The summed E-state index contributed by atoms with van der Waals surface area (Å²) in [5.41, 5.74) is 1.59.